The molecule has 0 amide bonds. The maximum Gasteiger partial charge on any atom is 0.328 e. The van der Waals surface area contributed by atoms with E-state index in [2.05, 4.69) is 0 Å². The van der Waals surface area contributed by atoms with Crippen LogP contribution in [0.4, 0.5) is 0 Å². The number of carboxylic acid groups (broad SMARTS) is 1. The fourth-order valence-corrected chi connectivity index (χ4v) is 1.57. The zero-order valence-electron chi connectivity index (χ0n) is 8.54. The number of rotatable bonds is 4. The summed E-state index contributed by atoms with van der Waals surface area (Å²) in [4.78, 5) is 10.4. The lowest BCUT2D eigenvalue weighted by Crippen LogP contribution is -2.01. The van der Waals surface area contributed by atoms with Crippen LogP contribution in [0.2, 0.25) is 10.0 Å². The van der Waals surface area contributed by atoms with Crippen molar-refractivity contribution < 1.29 is 14.6 Å². The molecule has 1 N–H and O–H groups in total. The molecule has 0 bridgehead atoms. The molecule has 0 aliphatic rings. The fourth-order valence-electron chi connectivity index (χ4n) is 1.06. The van der Waals surface area contributed by atoms with Crippen LogP contribution in [0.25, 0.3) is 0 Å². The van der Waals surface area contributed by atoms with Crippen molar-refractivity contribution in [3.8, 4) is 5.75 Å². The average molecular weight is 261 g/mol. The van der Waals surface area contributed by atoms with Gasteiger partial charge >= 0.3 is 5.97 Å². The van der Waals surface area contributed by atoms with Gasteiger partial charge in [-0.05, 0) is 30.7 Å². The van der Waals surface area contributed by atoms with Crippen molar-refractivity contribution in [2.75, 3.05) is 6.61 Å². The molecule has 16 heavy (non-hydrogen) atoms. The molecule has 0 radical (unpaired) electrons. The molecule has 0 spiro atoms. The molecular weight excluding hydrogens is 251 g/mol. The number of benzene rings is 1. The molecule has 0 heterocycles. The van der Waals surface area contributed by atoms with Crippen LogP contribution in [-0.2, 0) is 4.79 Å². The Hall–Kier alpha value is -1.19. The molecule has 86 valence electrons. The molecule has 0 atom stereocenters. The second-order valence-corrected chi connectivity index (χ2v) is 4.10. The molecule has 0 aliphatic heterocycles. The lowest BCUT2D eigenvalue weighted by Gasteiger charge is -2.06. The van der Waals surface area contributed by atoms with Gasteiger partial charge in [0.05, 0.1) is 0 Å². The van der Waals surface area contributed by atoms with Gasteiger partial charge < -0.3 is 9.84 Å². The standard InChI is InChI=1S/C11H10Cl2O3/c1-7(2-11(14)15)6-16-10-4-8(12)3-9(13)5-10/h2-5H,6H2,1H3,(H,14,15)/b7-2+. The lowest BCUT2D eigenvalue weighted by molar-refractivity contribution is -0.131. The fraction of sp³-hybridized carbons (Fsp3) is 0.182. The third-order valence-corrected chi connectivity index (χ3v) is 2.11. The first-order valence-corrected chi connectivity index (χ1v) is 5.22. The van der Waals surface area contributed by atoms with Crippen molar-refractivity contribution >= 4 is 29.2 Å². The first-order chi connectivity index (χ1) is 7.47. The Morgan fingerprint density at radius 2 is 1.94 bits per heavy atom. The van der Waals surface area contributed by atoms with Gasteiger partial charge in [-0.15, -0.1) is 0 Å². The third-order valence-electron chi connectivity index (χ3n) is 1.67. The Bertz CT molecular complexity index is 407. The molecule has 0 saturated heterocycles. The normalized spacial score (nSPS) is 11.3. The summed E-state index contributed by atoms with van der Waals surface area (Å²) in [6.07, 6.45) is 1.09. The van der Waals surface area contributed by atoms with E-state index in [-0.39, 0.29) is 6.61 Å². The molecule has 5 heteroatoms. The minimum absolute atomic E-state index is 0.184. The lowest BCUT2D eigenvalue weighted by atomic mass is 10.3. The van der Waals surface area contributed by atoms with Crippen LogP contribution < -0.4 is 4.74 Å². The Kier molecular flexibility index (Phi) is 4.65. The number of aliphatic carboxylic acids is 1. The molecule has 1 rings (SSSR count). The predicted molar refractivity (Wildman–Crippen MR) is 63.3 cm³/mol. The highest BCUT2D eigenvalue weighted by atomic mass is 35.5. The summed E-state index contributed by atoms with van der Waals surface area (Å²) in [7, 11) is 0. The quantitative estimate of drug-likeness (QED) is 0.845. The van der Waals surface area contributed by atoms with E-state index >= 15 is 0 Å². The predicted octanol–water partition coefficient (Wildman–Crippen LogP) is 3.40. The summed E-state index contributed by atoms with van der Waals surface area (Å²) in [5, 5.41) is 9.44. The smallest absolute Gasteiger partial charge is 0.328 e. The summed E-state index contributed by atoms with van der Waals surface area (Å²) in [6, 6.07) is 4.82. The van der Waals surface area contributed by atoms with Crippen LogP contribution in [0.15, 0.2) is 29.8 Å². The van der Waals surface area contributed by atoms with E-state index in [0.717, 1.165) is 6.08 Å². The van der Waals surface area contributed by atoms with Crippen LogP contribution in [0.5, 0.6) is 5.75 Å². The Balaban J connectivity index is 2.64. The second-order valence-electron chi connectivity index (χ2n) is 3.22. The molecule has 1 aromatic rings. The van der Waals surface area contributed by atoms with Crippen molar-refractivity contribution in [2.45, 2.75) is 6.92 Å². The van der Waals surface area contributed by atoms with Crippen LogP contribution in [0.1, 0.15) is 6.92 Å². The van der Waals surface area contributed by atoms with Crippen LogP contribution >= 0.6 is 23.2 Å². The van der Waals surface area contributed by atoms with Gasteiger partial charge in [-0.1, -0.05) is 23.2 Å². The highest BCUT2D eigenvalue weighted by molar-refractivity contribution is 6.34. The topological polar surface area (TPSA) is 46.5 Å². The van der Waals surface area contributed by atoms with Gasteiger partial charge in [0.15, 0.2) is 0 Å². The van der Waals surface area contributed by atoms with Crippen LogP contribution in [0, 0.1) is 0 Å². The average Bonchev–Trinajstić information content (AvgIpc) is 2.12. The minimum atomic E-state index is -0.995. The van der Waals surface area contributed by atoms with Crippen LogP contribution in [0.3, 0.4) is 0 Å². The SMILES string of the molecule is C/C(=C\C(=O)O)COc1cc(Cl)cc(Cl)c1. The molecular formula is C11H10Cl2O3. The summed E-state index contributed by atoms with van der Waals surface area (Å²) in [6.45, 7) is 1.85. The number of hydrogen-bond donors (Lipinski definition) is 1. The van der Waals surface area contributed by atoms with E-state index < -0.39 is 5.97 Å². The van der Waals surface area contributed by atoms with Gasteiger partial charge in [-0.25, -0.2) is 4.79 Å². The largest absolute Gasteiger partial charge is 0.489 e. The summed E-state index contributed by atoms with van der Waals surface area (Å²) in [5.41, 5.74) is 0.601. The van der Waals surface area contributed by atoms with Gasteiger partial charge in [-0.3, -0.25) is 0 Å². The van der Waals surface area contributed by atoms with E-state index in [9.17, 15) is 4.79 Å². The van der Waals surface area contributed by atoms with E-state index in [4.69, 9.17) is 33.0 Å². The van der Waals surface area contributed by atoms with E-state index in [1.54, 1.807) is 25.1 Å². The van der Waals surface area contributed by atoms with Crippen LogP contribution in [-0.4, -0.2) is 17.7 Å². The van der Waals surface area contributed by atoms with E-state index in [0.29, 0.717) is 21.4 Å². The zero-order valence-corrected chi connectivity index (χ0v) is 10.0. The summed E-state index contributed by atoms with van der Waals surface area (Å²) in [5.74, 6) is -0.485. The highest BCUT2D eigenvalue weighted by Crippen LogP contribution is 2.24. The molecule has 0 saturated carbocycles. The molecule has 0 fully saturated rings. The number of carboxylic acids is 1. The number of ether oxygens (including phenoxy) is 1. The molecule has 0 aromatic heterocycles. The highest BCUT2D eigenvalue weighted by Gasteiger charge is 2.00. The Morgan fingerprint density at radius 3 is 2.44 bits per heavy atom. The molecule has 3 nitrogen and oxygen atoms in total. The second kappa shape index (κ2) is 5.77. The first kappa shape index (κ1) is 12.9. The first-order valence-electron chi connectivity index (χ1n) is 4.46. The molecule has 0 unspecified atom stereocenters. The van der Waals surface area contributed by atoms with Gasteiger partial charge in [0, 0.05) is 16.1 Å². The van der Waals surface area contributed by atoms with Crippen molar-refractivity contribution in [3.05, 3.63) is 39.9 Å². The number of hydrogen-bond acceptors (Lipinski definition) is 2. The van der Waals surface area contributed by atoms with Gasteiger partial charge in [0.1, 0.15) is 12.4 Å². The summed E-state index contributed by atoms with van der Waals surface area (Å²) >= 11 is 11.6. The molecule has 0 aliphatic carbocycles. The van der Waals surface area contributed by atoms with Crippen molar-refractivity contribution in [1.82, 2.24) is 0 Å². The van der Waals surface area contributed by atoms with Gasteiger partial charge in [-0.2, -0.15) is 0 Å². The molecule has 1 aromatic carbocycles. The number of carbonyl (C=O) groups is 1. The van der Waals surface area contributed by atoms with Crippen molar-refractivity contribution in [3.63, 3.8) is 0 Å². The van der Waals surface area contributed by atoms with E-state index in [1.807, 2.05) is 0 Å². The van der Waals surface area contributed by atoms with Gasteiger partial charge in [0.25, 0.3) is 0 Å². The zero-order chi connectivity index (χ0) is 12.1. The van der Waals surface area contributed by atoms with Crippen molar-refractivity contribution in [1.29, 1.82) is 0 Å². The monoisotopic (exact) mass is 260 g/mol. The Labute approximate surface area is 103 Å². The van der Waals surface area contributed by atoms with Crippen molar-refractivity contribution in [2.24, 2.45) is 0 Å². The number of halogens is 2. The van der Waals surface area contributed by atoms with Gasteiger partial charge in [0.2, 0.25) is 0 Å². The maximum atomic E-state index is 10.4. The third kappa shape index (κ3) is 4.55. The minimum Gasteiger partial charge on any atom is -0.489 e. The maximum absolute atomic E-state index is 10.4. The Morgan fingerprint density at radius 1 is 1.38 bits per heavy atom. The summed E-state index contributed by atoms with van der Waals surface area (Å²) < 4.78 is 5.33. The van der Waals surface area contributed by atoms with E-state index in [1.165, 1.54) is 0 Å².